The zero-order valence-corrected chi connectivity index (χ0v) is 11.1. The summed E-state index contributed by atoms with van der Waals surface area (Å²) in [6.07, 6.45) is 5.99. The van der Waals surface area contributed by atoms with Crippen LogP contribution in [0.1, 0.15) is 38.5 Å². The Morgan fingerprint density at radius 1 is 1.41 bits per heavy atom. The Morgan fingerprint density at radius 3 is 2.94 bits per heavy atom. The SMILES string of the molecule is CN(C(=O)CCCCl)C1=NCC2=C1CCCC2. The lowest BCUT2D eigenvalue weighted by atomic mass is 9.92. The number of aliphatic imine (C=N–C) groups is 1. The normalized spacial score (nSPS) is 19.1. The molecular weight excluding hydrogens is 236 g/mol. The first kappa shape index (κ1) is 12.6. The molecule has 0 aromatic carbocycles. The summed E-state index contributed by atoms with van der Waals surface area (Å²) in [5.74, 6) is 1.59. The molecule has 0 bridgehead atoms. The van der Waals surface area contributed by atoms with E-state index in [1.165, 1.54) is 24.0 Å². The Bertz CT molecular complexity index is 374. The molecule has 0 saturated carbocycles. The maximum absolute atomic E-state index is 11.9. The van der Waals surface area contributed by atoms with Gasteiger partial charge in [0.25, 0.3) is 0 Å². The third-order valence-corrected chi connectivity index (χ3v) is 3.76. The van der Waals surface area contributed by atoms with Crippen LogP contribution >= 0.6 is 11.6 Å². The molecule has 1 aliphatic heterocycles. The maximum atomic E-state index is 11.9. The van der Waals surface area contributed by atoms with Crippen LogP contribution < -0.4 is 0 Å². The van der Waals surface area contributed by atoms with Crippen LogP contribution in [0.15, 0.2) is 16.1 Å². The number of amidine groups is 1. The lowest BCUT2D eigenvalue weighted by Gasteiger charge is -2.22. The van der Waals surface area contributed by atoms with Crippen LogP contribution in [-0.2, 0) is 4.79 Å². The Morgan fingerprint density at radius 2 is 2.18 bits per heavy atom. The minimum atomic E-state index is 0.128. The van der Waals surface area contributed by atoms with Crippen molar-refractivity contribution in [3.8, 4) is 0 Å². The van der Waals surface area contributed by atoms with Crippen LogP contribution in [-0.4, -0.2) is 36.1 Å². The molecule has 0 radical (unpaired) electrons. The molecule has 1 aliphatic carbocycles. The van der Waals surface area contributed by atoms with E-state index in [4.69, 9.17) is 11.6 Å². The Balaban J connectivity index is 2.03. The third-order valence-electron chi connectivity index (χ3n) is 3.49. The van der Waals surface area contributed by atoms with E-state index in [0.29, 0.717) is 12.3 Å². The smallest absolute Gasteiger partial charge is 0.227 e. The van der Waals surface area contributed by atoms with Crippen LogP contribution in [0.3, 0.4) is 0 Å². The topological polar surface area (TPSA) is 32.7 Å². The number of alkyl halides is 1. The Hall–Kier alpha value is -0.830. The zero-order valence-electron chi connectivity index (χ0n) is 10.3. The molecular formula is C13H19ClN2O. The van der Waals surface area contributed by atoms with Crippen molar-refractivity contribution in [2.45, 2.75) is 38.5 Å². The molecule has 0 unspecified atom stereocenters. The number of likely N-dealkylation sites (N-methyl/N-ethyl adjacent to an activating group) is 1. The fourth-order valence-electron chi connectivity index (χ4n) is 2.49. The molecule has 3 nitrogen and oxygen atoms in total. The van der Waals surface area contributed by atoms with Gasteiger partial charge in [0.15, 0.2) is 0 Å². The number of hydrogen-bond donors (Lipinski definition) is 0. The number of carbonyl (C=O) groups is 1. The van der Waals surface area contributed by atoms with Gasteiger partial charge in [0.05, 0.1) is 6.54 Å². The number of nitrogens with zero attached hydrogens (tertiary/aromatic N) is 2. The van der Waals surface area contributed by atoms with Crippen molar-refractivity contribution in [3.05, 3.63) is 11.1 Å². The van der Waals surface area contributed by atoms with Gasteiger partial charge in [-0.15, -0.1) is 11.6 Å². The molecule has 2 rings (SSSR count). The van der Waals surface area contributed by atoms with Gasteiger partial charge in [-0.25, -0.2) is 0 Å². The number of rotatable bonds is 3. The van der Waals surface area contributed by atoms with Crippen LogP contribution in [0.4, 0.5) is 0 Å². The van der Waals surface area contributed by atoms with Crippen molar-refractivity contribution in [2.24, 2.45) is 4.99 Å². The van der Waals surface area contributed by atoms with Gasteiger partial charge in [-0.3, -0.25) is 9.79 Å². The van der Waals surface area contributed by atoms with Crippen LogP contribution in [0, 0.1) is 0 Å². The highest BCUT2D eigenvalue weighted by Crippen LogP contribution is 2.30. The van der Waals surface area contributed by atoms with Crippen LogP contribution in [0.25, 0.3) is 0 Å². The van der Waals surface area contributed by atoms with Crippen molar-refractivity contribution in [2.75, 3.05) is 19.5 Å². The molecule has 0 aromatic heterocycles. The van der Waals surface area contributed by atoms with Crippen molar-refractivity contribution >= 4 is 23.3 Å². The van der Waals surface area contributed by atoms with E-state index in [1.54, 1.807) is 4.90 Å². The first-order valence-electron chi connectivity index (χ1n) is 6.32. The summed E-state index contributed by atoms with van der Waals surface area (Å²) in [7, 11) is 1.83. The molecule has 0 fully saturated rings. The van der Waals surface area contributed by atoms with Crippen LogP contribution in [0.2, 0.25) is 0 Å². The number of hydrogen-bond acceptors (Lipinski definition) is 2. The van der Waals surface area contributed by atoms with E-state index >= 15 is 0 Å². The molecule has 0 saturated heterocycles. The van der Waals surface area contributed by atoms with Gasteiger partial charge in [-0.2, -0.15) is 0 Å². The largest absolute Gasteiger partial charge is 0.300 e. The molecule has 1 amide bonds. The lowest BCUT2D eigenvalue weighted by Crippen LogP contribution is -2.33. The molecule has 2 aliphatic rings. The van der Waals surface area contributed by atoms with Gasteiger partial charge in [-0.1, -0.05) is 0 Å². The quantitative estimate of drug-likeness (QED) is 0.713. The molecule has 1 heterocycles. The first-order chi connectivity index (χ1) is 8.24. The van der Waals surface area contributed by atoms with Crippen molar-refractivity contribution in [1.29, 1.82) is 0 Å². The fourth-order valence-corrected chi connectivity index (χ4v) is 2.62. The third kappa shape index (κ3) is 2.71. The van der Waals surface area contributed by atoms with E-state index < -0.39 is 0 Å². The summed E-state index contributed by atoms with van der Waals surface area (Å²) in [6.45, 7) is 0.803. The fraction of sp³-hybridized carbons (Fsp3) is 0.692. The summed E-state index contributed by atoms with van der Waals surface area (Å²) in [6, 6.07) is 0. The summed E-state index contributed by atoms with van der Waals surface area (Å²) >= 11 is 5.61. The monoisotopic (exact) mass is 254 g/mol. The average Bonchev–Trinajstić information content (AvgIpc) is 2.78. The predicted molar refractivity (Wildman–Crippen MR) is 70.5 cm³/mol. The van der Waals surface area contributed by atoms with Crippen molar-refractivity contribution < 1.29 is 4.79 Å². The summed E-state index contributed by atoms with van der Waals surface area (Å²) in [4.78, 5) is 18.2. The van der Waals surface area contributed by atoms with Gasteiger partial charge in [0.1, 0.15) is 5.84 Å². The van der Waals surface area contributed by atoms with E-state index in [2.05, 4.69) is 4.99 Å². The molecule has 0 atom stereocenters. The standard InChI is InChI=1S/C13H19ClN2O/c1-16(12(17)7-4-8-14)13-11-6-3-2-5-10(11)9-15-13/h2-9H2,1H3. The highest BCUT2D eigenvalue weighted by molar-refractivity contribution is 6.18. The molecule has 94 valence electrons. The van der Waals surface area contributed by atoms with Gasteiger partial charge in [0, 0.05) is 19.3 Å². The van der Waals surface area contributed by atoms with Gasteiger partial charge in [-0.05, 0) is 43.3 Å². The highest BCUT2D eigenvalue weighted by Gasteiger charge is 2.26. The highest BCUT2D eigenvalue weighted by atomic mass is 35.5. The first-order valence-corrected chi connectivity index (χ1v) is 6.85. The molecule has 4 heteroatoms. The number of carbonyl (C=O) groups excluding carboxylic acids is 1. The maximum Gasteiger partial charge on any atom is 0.227 e. The minimum absolute atomic E-state index is 0.128. The summed E-state index contributed by atoms with van der Waals surface area (Å²) in [5, 5.41) is 0. The second-order valence-corrected chi connectivity index (χ2v) is 5.05. The summed E-state index contributed by atoms with van der Waals surface area (Å²) < 4.78 is 0. The predicted octanol–water partition coefficient (Wildman–Crippen LogP) is 2.75. The van der Waals surface area contributed by atoms with E-state index in [-0.39, 0.29) is 5.91 Å². The van der Waals surface area contributed by atoms with Crippen LogP contribution in [0.5, 0.6) is 0 Å². The second-order valence-electron chi connectivity index (χ2n) is 4.67. The number of halogens is 1. The Labute approximate surface area is 108 Å². The zero-order chi connectivity index (χ0) is 12.3. The number of amides is 1. The van der Waals surface area contributed by atoms with E-state index in [1.807, 2.05) is 7.05 Å². The van der Waals surface area contributed by atoms with Crippen molar-refractivity contribution in [3.63, 3.8) is 0 Å². The van der Waals surface area contributed by atoms with Gasteiger partial charge < -0.3 is 4.90 Å². The van der Waals surface area contributed by atoms with Gasteiger partial charge >= 0.3 is 0 Å². The molecule has 0 N–H and O–H groups in total. The minimum Gasteiger partial charge on any atom is -0.300 e. The van der Waals surface area contributed by atoms with Gasteiger partial charge in [0.2, 0.25) is 5.91 Å². The lowest BCUT2D eigenvalue weighted by molar-refractivity contribution is -0.126. The molecule has 0 aromatic rings. The van der Waals surface area contributed by atoms with E-state index in [0.717, 1.165) is 31.6 Å². The molecule has 17 heavy (non-hydrogen) atoms. The summed E-state index contributed by atoms with van der Waals surface area (Å²) in [5.41, 5.74) is 2.78. The second kappa shape index (κ2) is 5.67. The Kier molecular flexibility index (Phi) is 4.21. The van der Waals surface area contributed by atoms with Crippen molar-refractivity contribution in [1.82, 2.24) is 4.90 Å². The van der Waals surface area contributed by atoms with E-state index in [9.17, 15) is 4.79 Å². The average molecular weight is 255 g/mol. The molecule has 0 spiro atoms.